The molecule has 0 saturated heterocycles. The Balaban J connectivity index is 1.19. The summed E-state index contributed by atoms with van der Waals surface area (Å²) >= 11 is 0. The second kappa shape index (κ2) is 13.8. The Morgan fingerprint density at radius 3 is 1.68 bits per heavy atom. The second-order valence-corrected chi connectivity index (χ2v) is 15.4. The molecule has 0 saturated carbocycles. The van der Waals surface area contributed by atoms with Crippen LogP contribution in [0, 0.1) is 0 Å². The molecule has 1 aliphatic rings. The van der Waals surface area contributed by atoms with Crippen molar-refractivity contribution < 1.29 is 0 Å². The van der Waals surface area contributed by atoms with Crippen molar-refractivity contribution in [2.75, 3.05) is 0 Å². The van der Waals surface area contributed by atoms with Crippen LogP contribution in [0.4, 0.5) is 0 Å². The smallest absolute Gasteiger partial charge is 0.234 e. The fourth-order valence-electron chi connectivity index (χ4n) is 9.17. The Kier molecular flexibility index (Phi) is 7.85. The van der Waals surface area contributed by atoms with Crippen LogP contribution in [0.1, 0.15) is 17.3 Å². The number of aliphatic imine (C=N–C) groups is 2. The number of hydrogen-bond acceptors (Lipinski definition) is 3. The average molecular weight is 768 g/mol. The van der Waals surface area contributed by atoms with E-state index in [2.05, 4.69) is 221 Å². The van der Waals surface area contributed by atoms with Crippen molar-refractivity contribution in [2.24, 2.45) is 9.98 Å². The summed E-state index contributed by atoms with van der Waals surface area (Å²) in [6.45, 7) is 0. The number of rotatable bonds is 5. The highest BCUT2D eigenvalue weighted by Gasteiger charge is 2.27. The molecule has 3 heterocycles. The molecule has 1 atom stereocenters. The third-order valence-electron chi connectivity index (χ3n) is 12.0. The van der Waals surface area contributed by atoms with E-state index in [9.17, 15) is 0 Å². The summed E-state index contributed by atoms with van der Waals surface area (Å²) in [6, 6.07) is 75.8. The SMILES string of the molecule is c1ccc(-c2ccc(-n3c4ccccc4c4ccc5c6ccccc6n(C6=NC(c7ccccc7)NC(c7ccc8ccccc8c7)=N6)c5c43)c(-c3ccccc3)c2)cc1. The van der Waals surface area contributed by atoms with Crippen LogP contribution in [0.15, 0.2) is 222 Å². The van der Waals surface area contributed by atoms with Crippen molar-refractivity contribution in [3.8, 4) is 27.9 Å². The van der Waals surface area contributed by atoms with Crippen molar-refractivity contribution in [1.82, 2.24) is 14.5 Å². The van der Waals surface area contributed by atoms with E-state index in [-0.39, 0.29) is 6.17 Å². The first-order valence-corrected chi connectivity index (χ1v) is 20.4. The molecule has 12 rings (SSSR count). The number of nitrogens with one attached hydrogen (secondary N) is 1. The minimum absolute atomic E-state index is 0.364. The van der Waals surface area contributed by atoms with Gasteiger partial charge in [-0.2, -0.15) is 4.99 Å². The molecule has 5 heteroatoms. The molecule has 9 aromatic carbocycles. The number of amidine groups is 1. The quantitative estimate of drug-likeness (QED) is 0.186. The Labute approximate surface area is 346 Å². The molecule has 5 nitrogen and oxygen atoms in total. The van der Waals surface area contributed by atoms with Gasteiger partial charge < -0.3 is 9.88 Å². The zero-order chi connectivity index (χ0) is 39.6. The van der Waals surface area contributed by atoms with Crippen LogP contribution in [-0.4, -0.2) is 20.9 Å². The lowest BCUT2D eigenvalue weighted by molar-refractivity contribution is 0.668. The van der Waals surface area contributed by atoms with E-state index in [4.69, 9.17) is 9.98 Å². The molecule has 0 bridgehead atoms. The zero-order valence-electron chi connectivity index (χ0n) is 32.6. The van der Waals surface area contributed by atoms with Gasteiger partial charge in [0, 0.05) is 32.7 Å². The van der Waals surface area contributed by atoms with Gasteiger partial charge >= 0.3 is 0 Å². The largest absolute Gasteiger partial charge is 0.344 e. The Bertz CT molecular complexity index is 3500. The van der Waals surface area contributed by atoms with Crippen molar-refractivity contribution in [3.05, 3.63) is 223 Å². The van der Waals surface area contributed by atoms with E-state index < -0.39 is 0 Å². The fourth-order valence-corrected chi connectivity index (χ4v) is 9.17. The molecular weight excluding hydrogens is 731 g/mol. The van der Waals surface area contributed by atoms with Crippen LogP contribution in [0.2, 0.25) is 0 Å². The van der Waals surface area contributed by atoms with Gasteiger partial charge in [-0.1, -0.05) is 182 Å². The topological polar surface area (TPSA) is 46.6 Å². The van der Waals surface area contributed by atoms with E-state index in [1.54, 1.807) is 0 Å². The number of benzene rings is 9. The van der Waals surface area contributed by atoms with Crippen molar-refractivity contribution in [2.45, 2.75) is 6.17 Å². The molecule has 0 aliphatic carbocycles. The molecule has 60 heavy (non-hydrogen) atoms. The van der Waals surface area contributed by atoms with Gasteiger partial charge in [0.05, 0.1) is 27.8 Å². The van der Waals surface area contributed by atoms with Gasteiger partial charge in [0.1, 0.15) is 12.0 Å². The second-order valence-electron chi connectivity index (χ2n) is 15.4. The average Bonchev–Trinajstić information content (AvgIpc) is 3.85. The van der Waals surface area contributed by atoms with Crippen LogP contribution < -0.4 is 5.32 Å². The lowest BCUT2D eigenvalue weighted by atomic mass is 9.97. The van der Waals surface area contributed by atoms with E-state index >= 15 is 0 Å². The first kappa shape index (κ1) is 34.1. The van der Waals surface area contributed by atoms with Crippen LogP contribution in [0.25, 0.3) is 82.3 Å². The Morgan fingerprint density at radius 2 is 0.967 bits per heavy atom. The van der Waals surface area contributed by atoms with Gasteiger partial charge in [0.25, 0.3) is 0 Å². The minimum atomic E-state index is -0.364. The third-order valence-corrected chi connectivity index (χ3v) is 12.0. The van der Waals surface area contributed by atoms with Gasteiger partial charge in [-0.05, 0) is 63.4 Å². The molecule has 1 N–H and O–H groups in total. The Morgan fingerprint density at radius 1 is 0.400 bits per heavy atom. The maximum atomic E-state index is 5.48. The molecule has 282 valence electrons. The molecule has 0 radical (unpaired) electrons. The molecule has 1 aliphatic heterocycles. The van der Waals surface area contributed by atoms with Crippen LogP contribution in [0.5, 0.6) is 0 Å². The summed E-state index contributed by atoms with van der Waals surface area (Å²) in [4.78, 5) is 10.9. The standard InChI is InChI=1S/C55H37N5/c1-4-16-36(17-5-1)41-30-33-50(47(35-41)38-19-6-2-7-20-38)59-48-26-14-12-24-43(48)45-31-32-46-44-25-13-15-27-49(44)60(52(46)51(45)59)55-57-53(39-21-8-3-9-22-39)56-54(58-55)42-29-28-37-18-10-11-23-40(37)34-42/h1-35,53H,(H,56,57,58). The van der Waals surface area contributed by atoms with Gasteiger partial charge in [0.2, 0.25) is 5.96 Å². The maximum absolute atomic E-state index is 5.48. The molecule has 0 amide bonds. The van der Waals surface area contributed by atoms with E-state index in [0.29, 0.717) is 5.96 Å². The molecular formula is C55H37N5. The minimum Gasteiger partial charge on any atom is -0.344 e. The number of nitrogens with zero attached hydrogens (tertiary/aromatic N) is 4. The van der Waals surface area contributed by atoms with Gasteiger partial charge in [0.15, 0.2) is 0 Å². The van der Waals surface area contributed by atoms with Crippen molar-refractivity contribution in [3.63, 3.8) is 0 Å². The highest BCUT2D eigenvalue weighted by atomic mass is 15.3. The first-order valence-electron chi connectivity index (χ1n) is 20.4. The van der Waals surface area contributed by atoms with Gasteiger partial charge in [-0.3, -0.25) is 4.57 Å². The predicted octanol–water partition coefficient (Wildman–Crippen LogP) is 13.3. The fraction of sp³-hybridized carbons (Fsp3) is 0.0182. The van der Waals surface area contributed by atoms with E-state index in [0.717, 1.165) is 72.0 Å². The van der Waals surface area contributed by atoms with Gasteiger partial charge in [-0.25, -0.2) is 4.99 Å². The summed E-state index contributed by atoms with van der Waals surface area (Å²) in [6.07, 6.45) is -0.364. The van der Waals surface area contributed by atoms with E-state index in [1.165, 1.54) is 27.3 Å². The molecule has 0 spiro atoms. The summed E-state index contributed by atoms with van der Waals surface area (Å²) in [5.41, 5.74) is 12.2. The van der Waals surface area contributed by atoms with Crippen molar-refractivity contribution >= 4 is 66.2 Å². The molecule has 0 fully saturated rings. The molecule has 2 aromatic heterocycles. The predicted molar refractivity (Wildman–Crippen MR) is 250 cm³/mol. The normalized spacial score (nSPS) is 14.2. The number of fused-ring (bicyclic) bond motifs is 8. The van der Waals surface area contributed by atoms with Crippen LogP contribution in [0.3, 0.4) is 0 Å². The summed E-state index contributed by atoms with van der Waals surface area (Å²) < 4.78 is 4.78. The Hall–Kier alpha value is -8.02. The first-order chi connectivity index (χ1) is 29.8. The van der Waals surface area contributed by atoms with Crippen molar-refractivity contribution in [1.29, 1.82) is 0 Å². The van der Waals surface area contributed by atoms with Crippen LogP contribution in [-0.2, 0) is 0 Å². The van der Waals surface area contributed by atoms with Gasteiger partial charge in [-0.15, -0.1) is 0 Å². The summed E-state index contributed by atoms with van der Waals surface area (Å²) in [7, 11) is 0. The molecule has 11 aromatic rings. The number of para-hydroxylation sites is 2. The van der Waals surface area contributed by atoms with E-state index in [1.807, 2.05) is 6.07 Å². The lowest BCUT2D eigenvalue weighted by Crippen LogP contribution is -2.35. The zero-order valence-corrected chi connectivity index (χ0v) is 32.6. The lowest BCUT2D eigenvalue weighted by Gasteiger charge is -2.24. The number of aromatic nitrogens is 2. The summed E-state index contributed by atoms with van der Waals surface area (Å²) in [5.74, 6) is 1.41. The molecule has 1 unspecified atom stereocenters. The number of hydrogen-bond donors (Lipinski definition) is 1. The monoisotopic (exact) mass is 767 g/mol. The van der Waals surface area contributed by atoms with Crippen LogP contribution >= 0.6 is 0 Å². The maximum Gasteiger partial charge on any atom is 0.234 e. The highest BCUT2D eigenvalue weighted by Crippen LogP contribution is 2.43. The highest BCUT2D eigenvalue weighted by molar-refractivity contribution is 6.27. The third kappa shape index (κ3) is 5.48. The summed E-state index contributed by atoms with van der Waals surface area (Å²) in [5, 5.41) is 10.7.